The maximum Gasteiger partial charge on any atom is 0.187 e. The first-order chi connectivity index (χ1) is 6.88. The quantitative estimate of drug-likeness (QED) is 0.655. The lowest BCUT2D eigenvalue weighted by atomic mass is 10.2. The van der Waals surface area contributed by atoms with Crippen molar-refractivity contribution in [3.05, 3.63) is 60.0 Å². The van der Waals surface area contributed by atoms with Crippen LogP contribution in [0.2, 0.25) is 0 Å². The minimum Gasteiger partial charge on any atom is -0.333 e. The molecular weight excluding hydrogens is 174 g/mol. The van der Waals surface area contributed by atoms with Crippen molar-refractivity contribution in [2.75, 3.05) is 0 Å². The monoisotopic (exact) mass is 183 g/mol. The van der Waals surface area contributed by atoms with Gasteiger partial charge in [0.25, 0.3) is 0 Å². The molecule has 0 saturated carbocycles. The summed E-state index contributed by atoms with van der Waals surface area (Å²) in [6, 6.07) is 7.62. The maximum absolute atomic E-state index is 6.90. The van der Waals surface area contributed by atoms with E-state index in [1.807, 2.05) is 35.0 Å². The van der Waals surface area contributed by atoms with Crippen molar-refractivity contribution in [3.63, 3.8) is 0 Å². The summed E-state index contributed by atoms with van der Waals surface area (Å²) in [4.78, 5) is 7.35. The molecule has 0 fully saturated rings. The Balaban J connectivity index is 2.22. The van der Waals surface area contributed by atoms with Crippen molar-refractivity contribution in [2.24, 2.45) is 0 Å². The van der Waals surface area contributed by atoms with Crippen molar-refractivity contribution < 1.29 is 0 Å². The van der Waals surface area contributed by atoms with Gasteiger partial charge in [0.2, 0.25) is 0 Å². The van der Waals surface area contributed by atoms with Crippen LogP contribution in [0.4, 0.5) is 5.69 Å². The van der Waals surface area contributed by atoms with E-state index in [4.69, 9.17) is 6.57 Å². The number of hydrogen-bond donors (Lipinski definition) is 0. The summed E-state index contributed by atoms with van der Waals surface area (Å²) in [5, 5.41) is 0. The van der Waals surface area contributed by atoms with Crippen molar-refractivity contribution in [1.29, 1.82) is 0 Å². The van der Waals surface area contributed by atoms with E-state index in [9.17, 15) is 0 Å². The Morgan fingerprint density at radius 3 is 3.07 bits per heavy atom. The first-order valence-corrected chi connectivity index (χ1v) is 4.30. The molecule has 1 aromatic heterocycles. The molecule has 1 aromatic carbocycles. The van der Waals surface area contributed by atoms with Crippen LogP contribution in [-0.4, -0.2) is 9.55 Å². The van der Waals surface area contributed by atoms with Crippen LogP contribution in [0.5, 0.6) is 0 Å². The predicted octanol–water partition coefficient (Wildman–Crippen LogP) is 2.48. The summed E-state index contributed by atoms with van der Waals surface area (Å²) in [6.45, 7) is 7.66. The fourth-order valence-electron chi connectivity index (χ4n) is 1.32. The zero-order chi connectivity index (χ0) is 9.80. The van der Waals surface area contributed by atoms with Gasteiger partial charge in [-0.25, -0.2) is 9.83 Å². The Labute approximate surface area is 82.5 Å². The Morgan fingerprint density at radius 1 is 1.43 bits per heavy atom. The van der Waals surface area contributed by atoms with E-state index < -0.39 is 0 Å². The lowest BCUT2D eigenvalue weighted by Crippen LogP contribution is -1.95. The highest BCUT2D eigenvalue weighted by Gasteiger charge is 1.95. The van der Waals surface area contributed by atoms with Gasteiger partial charge in [-0.3, -0.25) is 0 Å². The maximum atomic E-state index is 6.90. The highest BCUT2D eigenvalue weighted by molar-refractivity contribution is 5.46. The third kappa shape index (κ3) is 1.80. The number of imidazole rings is 1. The van der Waals surface area contributed by atoms with E-state index in [0.717, 1.165) is 12.1 Å². The molecule has 1 heterocycles. The van der Waals surface area contributed by atoms with Gasteiger partial charge < -0.3 is 4.57 Å². The summed E-state index contributed by atoms with van der Waals surface area (Å²) in [5.74, 6) is 0. The van der Waals surface area contributed by atoms with Crippen LogP contribution in [0, 0.1) is 6.57 Å². The standard InChI is InChI=1S/C11H9N3/c1-12-11-4-2-3-10(7-11)8-14-6-5-13-9-14/h2-7,9H,8H2. The van der Waals surface area contributed by atoms with Gasteiger partial charge >= 0.3 is 0 Å². The second kappa shape index (κ2) is 3.75. The molecule has 2 aromatic rings. The Bertz CT molecular complexity index is 452. The van der Waals surface area contributed by atoms with Gasteiger partial charge in [-0.15, -0.1) is 0 Å². The van der Waals surface area contributed by atoms with E-state index in [-0.39, 0.29) is 0 Å². The topological polar surface area (TPSA) is 22.2 Å². The van der Waals surface area contributed by atoms with E-state index in [1.54, 1.807) is 12.5 Å². The average Bonchev–Trinajstić information content (AvgIpc) is 2.71. The van der Waals surface area contributed by atoms with Crippen LogP contribution in [-0.2, 0) is 6.54 Å². The van der Waals surface area contributed by atoms with E-state index in [1.165, 1.54) is 0 Å². The van der Waals surface area contributed by atoms with Crippen LogP contribution in [0.25, 0.3) is 4.85 Å². The fraction of sp³-hybridized carbons (Fsp3) is 0.0909. The molecule has 0 aliphatic heterocycles. The molecule has 0 aliphatic carbocycles. The highest BCUT2D eigenvalue weighted by Crippen LogP contribution is 2.14. The molecule has 0 bridgehead atoms. The van der Waals surface area contributed by atoms with Gasteiger partial charge in [0, 0.05) is 18.9 Å². The third-order valence-electron chi connectivity index (χ3n) is 1.96. The smallest absolute Gasteiger partial charge is 0.187 e. The predicted molar refractivity (Wildman–Crippen MR) is 54.0 cm³/mol. The first kappa shape index (κ1) is 8.52. The zero-order valence-electron chi connectivity index (χ0n) is 7.59. The molecule has 0 unspecified atom stereocenters. The molecular formula is C11H9N3. The lowest BCUT2D eigenvalue weighted by Gasteiger charge is -2.02. The molecule has 68 valence electrons. The van der Waals surface area contributed by atoms with Crippen molar-refractivity contribution in [1.82, 2.24) is 9.55 Å². The summed E-state index contributed by atoms with van der Waals surface area (Å²) in [5.41, 5.74) is 1.80. The number of aromatic nitrogens is 2. The molecule has 0 radical (unpaired) electrons. The summed E-state index contributed by atoms with van der Waals surface area (Å²) in [6.07, 6.45) is 5.42. The second-order valence-corrected chi connectivity index (χ2v) is 3.02. The van der Waals surface area contributed by atoms with Crippen LogP contribution >= 0.6 is 0 Å². The lowest BCUT2D eigenvalue weighted by molar-refractivity contribution is 0.798. The summed E-state index contributed by atoms with van der Waals surface area (Å²) < 4.78 is 1.98. The van der Waals surface area contributed by atoms with Crippen LogP contribution < -0.4 is 0 Å². The molecule has 3 nitrogen and oxygen atoms in total. The van der Waals surface area contributed by atoms with Crippen LogP contribution in [0.1, 0.15) is 5.56 Å². The molecule has 0 aliphatic rings. The second-order valence-electron chi connectivity index (χ2n) is 3.02. The van der Waals surface area contributed by atoms with Gasteiger partial charge in [-0.1, -0.05) is 24.3 Å². The van der Waals surface area contributed by atoms with Gasteiger partial charge in [-0.2, -0.15) is 0 Å². The Morgan fingerprint density at radius 2 is 2.36 bits per heavy atom. The Hall–Kier alpha value is -2.08. The average molecular weight is 183 g/mol. The minimum absolute atomic E-state index is 0.683. The van der Waals surface area contributed by atoms with Crippen molar-refractivity contribution in [2.45, 2.75) is 6.54 Å². The van der Waals surface area contributed by atoms with E-state index in [2.05, 4.69) is 9.83 Å². The minimum atomic E-state index is 0.683. The largest absolute Gasteiger partial charge is 0.333 e. The van der Waals surface area contributed by atoms with Gasteiger partial charge in [-0.05, 0) is 5.56 Å². The van der Waals surface area contributed by atoms with Crippen molar-refractivity contribution in [3.8, 4) is 0 Å². The molecule has 0 amide bonds. The Kier molecular flexibility index (Phi) is 2.28. The third-order valence-corrected chi connectivity index (χ3v) is 1.96. The molecule has 0 atom stereocenters. The number of nitrogens with zero attached hydrogens (tertiary/aromatic N) is 3. The van der Waals surface area contributed by atoms with Crippen LogP contribution in [0.3, 0.4) is 0 Å². The number of benzene rings is 1. The normalized spacial score (nSPS) is 9.64. The van der Waals surface area contributed by atoms with E-state index in [0.29, 0.717) is 5.69 Å². The van der Waals surface area contributed by atoms with Crippen LogP contribution in [0.15, 0.2) is 43.0 Å². The molecule has 0 spiro atoms. The van der Waals surface area contributed by atoms with Gasteiger partial charge in [0.15, 0.2) is 5.69 Å². The molecule has 3 heteroatoms. The molecule has 0 saturated heterocycles. The molecule has 2 rings (SSSR count). The fourth-order valence-corrected chi connectivity index (χ4v) is 1.32. The van der Waals surface area contributed by atoms with Gasteiger partial charge in [0.05, 0.1) is 12.9 Å². The number of hydrogen-bond acceptors (Lipinski definition) is 1. The first-order valence-electron chi connectivity index (χ1n) is 4.30. The molecule has 14 heavy (non-hydrogen) atoms. The van der Waals surface area contributed by atoms with E-state index >= 15 is 0 Å². The van der Waals surface area contributed by atoms with Gasteiger partial charge in [0.1, 0.15) is 0 Å². The molecule has 0 N–H and O–H groups in total. The highest BCUT2D eigenvalue weighted by atomic mass is 15.0. The summed E-state index contributed by atoms with van der Waals surface area (Å²) in [7, 11) is 0. The SMILES string of the molecule is [C-]#[N+]c1cccc(Cn2ccnc2)c1. The number of rotatable bonds is 2. The summed E-state index contributed by atoms with van der Waals surface area (Å²) >= 11 is 0. The zero-order valence-corrected chi connectivity index (χ0v) is 7.59. The van der Waals surface area contributed by atoms with Crippen molar-refractivity contribution >= 4 is 5.69 Å².